The van der Waals surface area contributed by atoms with Gasteiger partial charge in [0.1, 0.15) is 12.2 Å². The number of rotatable bonds is 13. The standard InChI is InChI=1S/C35H43F3N4O4/c1-7-46-31(43)17-29(27-15-24(16-28(37)33(27)38)32-21(4)9-8-10-22(32)5)39-34(44)30(13-20(2)3)42-35(45)23(6)14-26(40-42)11-12-41-18-25(36)19-41/h8-10,14-16,20,25,29-30H,7,11-13,17-19H2,1-6H3,(H,39,44)/t29-,30-/m0/s1. The number of ether oxygens (including phenoxy) is 1. The first-order valence-corrected chi connectivity index (χ1v) is 15.8. The molecular formula is C35H43F3N4O4. The fourth-order valence-electron chi connectivity index (χ4n) is 5.94. The van der Waals surface area contributed by atoms with Gasteiger partial charge in [0.15, 0.2) is 11.6 Å². The van der Waals surface area contributed by atoms with Crippen molar-refractivity contribution in [3.63, 3.8) is 0 Å². The Labute approximate surface area is 267 Å². The fraction of sp³-hybridized carbons (Fsp3) is 0.486. The van der Waals surface area contributed by atoms with E-state index in [1.54, 1.807) is 19.9 Å². The molecule has 8 nitrogen and oxygen atoms in total. The summed E-state index contributed by atoms with van der Waals surface area (Å²) in [5.74, 6) is -3.75. The Morgan fingerprint density at radius 2 is 1.74 bits per heavy atom. The molecule has 1 saturated heterocycles. The first-order chi connectivity index (χ1) is 21.8. The van der Waals surface area contributed by atoms with Crippen LogP contribution in [0.2, 0.25) is 0 Å². The van der Waals surface area contributed by atoms with E-state index in [1.807, 2.05) is 50.8 Å². The molecule has 248 valence electrons. The minimum atomic E-state index is -1.31. The summed E-state index contributed by atoms with van der Waals surface area (Å²) in [6.07, 6.45) is -0.647. The van der Waals surface area contributed by atoms with Gasteiger partial charge >= 0.3 is 5.97 Å². The molecule has 1 aliphatic heterocycles. The Hall–Kier alpha value is -3.99. The molecule has 1 N–H and O–H groups in total. The van der Waals surface area contributed by atoms with Gasteiger partial charge in [0.2, 0.25) is 5.91 Å². The lowest BCUT2D eigenvalue weighted by Crippen LogP contribution is -2.49. The highest BCUT2D eigenvalue weighted by molar-refractivity contribution is 5.82. The minimum absolute atomic E-state index is 0.0546. The van der Waals surface area contributed by atoms with Crippen LogP contribution in [0.1, 0.15) is 73.6 Å². The SMILES string of the molecule is CCOC(=O)C[C@H](NC(=O)[C@H](CC(C)C)n1nc(CCN2CC(F)C2)cc(C)c1=O)c1cc(-c2c(C)cccc2C)cc(F)c1F. The molecule has 11 heteroatoms. The third-order valence-electron chi connectivity index (χ3n) is 8.25. The number of carbonyl (C=O) groups excluding carboxylic acids is 2. The third-order valence-corrected chi connectivity index (χ3v) is 8.25. The number of nitrogens with one attached hydrogen (secondary N) is 1. The summed E-state index contributed by atoms with van der Waals surface area (Å²) >= 11 is 0. The zero-order valence-corrected chi connectivity index (χ0v) is 27.3. The van der Waals surface area contributed by atoms with Gasteiger partial charge in [-0.15, -0.1) is 0 Å². The van der Waals surface area contributed by atoms with Crippen LogP contribution in [-0.2, 0) is 20.7 Å². The number of aromatic nitrogens is 2. The Kier molecular flexibility index (Phi) is 11.4. The Morgan fingerprint density at radius 3 is 2.35 bits per heavy atom. The number of likely N-dealkylation sites (tertiary alicyclic amines) is 1. The smallest absolute Gasteiger partial charge is 0.308 e. The number of hydrogen-bond acceptors (Lipinski definition) is 6. The summed E-state index contributed by atoms with van der Waals surface area (Å²) in [4.78, 5) is 42.1. The normalized spacial score (nSPS) is 15.0. The predicted octanol–water partition coefficient (Wildman–Crippen LogP) is 5.71. The molecule has 4 rings (SSSR count). The summed E-state index contributed by atoms with van der Waals surface area (Å²) in [5, 5.41) is 7.28. The largest absolute Gasteiger partial charge is 0.466 e. The topological polar surface area (TPSA) is 93.5 Å². The molecule has 2 aromatic carbocycles. The fourth-order valence-corrected chi connectivity index (χ4v) is 5.94. The second kappa shape index (κ2) is 15.1. The molecule has 0 bridgehead atoms. The first-order valence-electron chi connectivity index (χ1n) is 15.8. The Balaban J connectivity index is 1.73. The van der Waals surface area contributed by atoms with Crippen molar-refractivity contribution >= 4 is 11.9 Å². The zero-order valence-electron chi connectivity index (χ0n) is 27.3. The van der Waals surface area contributed by atoms with Crippen LogP contribution in [0.3, 0.4) is 0 Å². The van der Waals surface area contributed by atoms with Gasteiger partial charge in [-0.05, 0) is 80.5 Å². The van der Waals surface area contributed by atoms with Crippen molar-refractivity contribution in [1.82, 2.24) is 20.0 Å². The van der Waals surface area contributed by atoms with Crippen LogP contribution in [0.15, 0.2) is 41.2 Å². The number of benzene rings is 2. The molecule has 0 aliphatic carbocycles. The van der Waals surface area contributed by atoms with E-state index in [2.05, 4.69) is 10.4 Å². The number of esters is 1. The quantitative estimate of drug-likeness (QED) is 0.241. The Morgan fingerprint density at radius 1 is 1.07 bits per heavy atom. The first kappa shape index (κ1) is 34.9. The number of amides is 1. The van der Waals surface area contributed by atoms with Gasteiger partial charge in [0.25, 0.3) is 5.56 Å². The van der Waals surface area contributed by atoms with Crippen molar-refractivity contribution < 1.29 is 27.5 Å². The molecular weight excluding hydrogens is 597 g/mol. The average Bonchev–Trinajstić information content (AvgIpc) is 2.96. The molecule has 0 unspecified atom stereocenters. The number of aryl methyl sites for hydroxylation is 3. The summed E-state index contributed by atoms with van der Waals surface area (Å²) < 4.78 is 50.4. The van der Waals surface area contributed by atoms with E-state index >= 15 is 8.78 Å². The number of carbonyl (C=O) groups is 2. The van der Waals surface area contributed by atoms with Crippen LogP contribution in [0.4, 0.5) is 13.2 Å². The monoisotopic (exact) mass is 640 g/mol. The predicted molar refractivity (Wildman–Crippen MR) is 170 cm³/mol. The van der Waals surface area contributed by atoms with Crippen LogP contribution < -0.4 is 10.9 Å². The maximum atomic E-state index is 15.6. The maximum Gasteiger partial charge on any atom is 0.308 e. The van der Waals surface area contributed by atoms with E-state index in [1.165, 1.54) is 6.07 Å². The van der Waals surface area contributed by atoms with Gasteiger partial charge in [0, 0.05) is 37.2 Å². The van der Waals surface area contributed by atoms with Gasteiger partial charge in [-0.2, -0.15) is 5.10 Å². The van der Waals surface area contributed by atoms with E-state index in [0.717, 1.165) is 21.9 Å². The number of hydrogen-bond donors (Lipinski definition) is 1. The van der Waals surface area contributed by atoms with E-state index < -0.39 is 53.7 Å². The molecule has 1 aliphatic rings. The van der Waals surface area contributed by atoms with E-state index in [-0.39, 0.29) is 24.5 Å². The molecule has 0 radical (unpaired) electrons. The molecule has 2 heterocycles. The molecule has 2 atom stereocenters. The summed E-state index contributed by atoms with van der Waals surface area (Å²) in [6, 6.07) is 7.39. The molecule has 0 saturated carbocycles. The van der Waals surface area contributed by atoms with Gasteiger partial charge in [0.05, 0.1) is 24.8 Å². The lowest BCUT2D eigenvalue weighted by molar-refractivity contribution is -0.144. The number of alkyl halides is 1. The van der Waals surface area contributed by atoms with Crippen LogP contribution in [0, 0.1) is 38.3 Å². The second-order valence-corrected chi connectivity index (χ2v) is 12.5. The highest BCUT2D eigenvalue weighted by Crippen LogP contribution is 2.33. The van der Waals surface area contributed by atoms with Crippen molar-refractivity contribution in [2.45, 2.75) is 79.1 Å². The highest BCUT2D eigenvalue weighted by atomic mass is 19.2. The van der Waals surface area contributed by atoms with Gasteiger partial charge in [-0.25, -0.2) is 17.9 Å². The second-order valence-electron chi connectivity index (χ2n) is 12.5. The zero-order chi connectivity index (χ0) is 33.7. The molecule has 0 spiro atoms. The average molecular weight is 641 g/mol. The minimum Gasteiger partial charge on any atom is -0.466 e. The lowest BCUT2D eigenvalue weighted by atomic mass is 9.92. The van der Waals surface area contributed by atoms with Gasteiger partial charge < -0.3 is 10.1 Å². The van der Waals surface area contributed by atoms with Crippen LogP contribution in [-0.4, -0.2) is 59.0 Å². The molecule has 1 fully saturated rings. The molecule has 46 heavy (non-hydrogen) atoms. The van der Waals surface area contributed by atoms with Crippen molar-refractivity contribution in [2.75, 3.05) is 26.2 Å². The number of halogens is 3. The molecule has 1 amide bonds. The van der Waals surface area contributed by atoms with Crippen molar-refractivity contribution in [3.8, 4) is 11.1 Å². The Bertz CT molecular complexity index is 1610. The molecule has 3 aromatic rings. The van der Waals surface area contributed by atoms with Crippen LogP contribution >= 0.6 is 0 Å². The summed E-state index contributed by atoms with van der Waals surface area (Å²) in [6.45, 7) is 12.1. The van der Waals surface area contributed by atoms with Crippen molar-refractivity contribution in [3.05, 3.63) is 86.3 Å². The maximum absolute atomic E-state index is 15.6. The van der Waals surface area contributed by atoms with Crippen molar-refractivity contribution in [1.29, 1.82) is 0 Å². The highest BCUT2D eigenvalue weighted by Gasteiger charge is 2.31. The van der Waals surface area contributed by atoms with Gasteiger partial charge in [-0.3, -0.25) is 19.3 Å². The summed E-state index contributed by atoms with van der Waals surface area (Å²) in [5.41, 5.74) is 3.08. The van der Waals surface area contributed by atoms with Crippen LogP contribution in [0.5, 0.6) is 0 Å². The summed E-state index contributed by atoms with van der Waals surface area (Å²) in [7, 11) is 0. The van der Waals surface area contributed by atoms with Crippen molar-refractivity contribution in [2.24, 2.45) is 5.92 Å². The molecule has 1 aromatic heterocycles. The lowest BCUT2D eigenvalue weighted by Gasteiger charge is -2.34. The number of nitrogens with zero attached hydrogens (tertiary/aromatic N) is 3. The van der Waals surface area contributed by atoms with Crippen LogP contribution in [0.25, 0.3) is 11.1 Å². The van der Waals surface area contributed by atoms with E-state index in [9.17, 15) is 18.8 Å². The third kappa shape index (κ3) is 8.23. The van der Waals surface area contributed by atoms with E-state index in [4.69, 9.17) is 4.74 Å². The van der Waals surface area contributed by atoms with Gasteiger partial charge in [-0.1, -0.05) is 32.0 Å². The van der Waals surface area contributed by atoms with E-state index in [0.29, 0.717) is 48.4 Å².